The van der Waals surface area contributed by atoms with Gasteiger partial charge < -0.3 is 15.2 Å². The van der Waals surface area contributed by atoms with Gasteiger partial charge in [0.1, 0.15) is 0 Å². The standard InChI is InChI=1S/C12H20N4/c1-16-11-5-3-2-4-10(11)15-12(16)14-9-6-7-13-8-9/h9,13H,2-8H2,1H3,(H,14,15). The minimum Gasteiger partial charge on any atom is -0.352 e. The van der Waals surface area contributed by atoms with Crippen molar-refractivity contribution in [3.8, 4) is 0 Å². The minimum atomic E-state index is 0.558. The van der Waals surface area contributed by atoms with Crippen LogP contribution in [0.5, 0.6) is 0 Å². The fourth-order valence-electron chi connectivity index (χ4n) is 2.78. The van der Waals surface area contributed by atoms with Crippen LogP contribution in [0.3, 0.4) is 0 Å². The number of hydrogen-bond acceptors (Lipinski definition) is 3. The molecule has 0 spiro atoms. The smallest absolute Gasteiger partial charge is 0.203 e. The highest BCUT2D eigenvalue weighted by Gasteiger charge is 2.20. The molecule has 4 heteroatoms. The van der Waals surface area contributed by atoms with Crippen LogP contribution in [0.1, 0.15) is 30.7 Å². The summed E-state index contributed by atoms with van der Waals surface area (Å²) in [5.74, 6) is 1.07. The zero-order chi connectivity index (χ0) is 11.0. The van der Waals surface area contributed by atoms with Crippen molar-refractivity contribution in [2.45, 2.75) is 38.1 Å². The number of hydrogen-bond donors (Lipinski definition) is 2. The largest absolute Gasteiger partial charge is 0.352 e. The molecule has 1 aromatic rings. The molecule has 88 valence electrons. The molecule has 0 saturated carbocycles. The lowest BCUT2D eigenvalue weighted by Crippen LogP contribution is -2.24. The van der Waals surface area contributed by atoms with Gasteiger partial charge in [-0.2, -0.15) is 0 Å². The Hall–Kier alpha value is -1.03. The van der Waals surface area contributed by atoms with E-state index in [0.29, 0.717) is 6.04 Å². The second-order valence-corrected chi connectivity index (χ2v) is 4.93. The summed E-state index contributed by atoms with van der Waals surface area (Å²) in [6.07, 6.45) is 6.18. The zero-order valence-electron chi connectivity index (χ0n) is 9.92. The summed E-state index contributed by atoms with van der Waals surface area (Å²) in [7, 11) is 2.14. The van der Waals surface area contributed by atoms with E-state index in [1.165, 1.54) is 37.1 Å². The van der Waals surface area contributed by atoms with Gasteiger partial charge in [-0.15, -0.1) is 0 Å². The average Bonchev–Trinajstić information content (AvgIpc) is 2.90. The number of anilines is 1. The third kappa shape index (κ3) is 1.71. The first-order chi connectivity index (χ1) is 7.84. The van der Waals surface area contributed by atoms with Crippen molar-refractivity contribution in [2.24, 2.45) is 7.05 Å². The molecule has 1 aliphatic heterocycles. The Morgan fingerprint density at radius 2 is 2.25 bits per heavy atom. The molecule has 0 amide bonds. The Morgan fingerprint density at radius 1 is 1.38 bits per heavy atom. The van der Waals surface area contributed by atoms with E-state index in [-0.39, 0.29) is 0 Å². The van der Waals surface area contributed by atoms with Gasteiger partial charge in [0.15, 0.2) is 0 Å². The van der Waals surface area contributed by atoms with Crippen molar-refractivity contribution < 1.29 is 0 Å². The summed E-state index contributed by atoms with van der Waals surface area (Å²) in [4.78, 5) is 4.74. The molecule has 1 aromatic heterocycles. The molecule has 2 N–H and O–H groups in total. The molecule has 1 saturated heterocycles. The maximum atomic E-state index is 4.74. The summed E-state index contributed by atoms with van der Waals surface area (Å²) in [6, 6.07) is 0.558. The first kappa shape index (κ1) is 10.1. The average molecular weight is 220 g/mol. The predicted octanol–water partition coefficient (Wildman–Crippen LogP) is 1.07. The number of aromatic nitrogens is 2. The SMILES string of the molecule is Cn1c(NC2CCNC2)nc2c1CCCC2. The monoisotopic (exact) mass is 220 g/mol. The molecular weight excluding hydrogens is 200 g/mol. The van der Waals surface area contributed by atoms with Gasteiger partial charge in [0, 0.05) is 25.3 Å². The van der Waals surface area contributed by atoms with Gasteiger partial charge in [0.2, 0.25) is 5.95 Å². The first-order valence-corrected chi connectivity index (χ1v) is 6.36. The Balaban J connectivity index is 1.81. The van der Waals surface area contributed by atoms with Crippen LogP contribution in [0, 0.1) is 0 Å². The summed E-state index contributed by atoms with van der Waals surface area (Å²) < 4.78 is 2.26. The molecule has 2 aliphatic rings. The summed E-state index contributed by atoms with van der Waals surface area (Å²) in [5.41, 5.74) is 2.77. The summed E-state index contributed by atoms with van der Waals surface area (Å²) in [6.45, 7) is 2.19. The number of rotatable bonds is 2. The summed E-state index contributed by atoms with van der Waals surface area (Å²) >= 11 is 0. The Labute approximate surface area is 96.4 Å². The molecule has 16 heavy (non-hydrogen) atoms. The van der Waals surface area contributed by atoms with E-state index in [4.69, 9.17) is 4.98 Å². The van der Waals surface area contributed by atoms with Crippen molar-refractivity contribution >= 4 is 5.95 Å². The molecule has 3 rings (SSSR count). The first-order valence-electron chi connectivity index (χ1n) is 6.36. The van der Waals surface area contributed by atoms with Gasteiger partial charge in [-0.25, -0.2) is 4.98 Å². The fraction of sp³-hybridized carbons (Fsp3) is 0.750. The minimum absolute atomic E-state index is 0.558. The van der Waals surface area contributed by atoms with E-state index >= 15 is 0 Å². The highest BCUT2D eigenvalue weighted by atomic mass is 15.2. The number of fused-ring (bicyclic) bond motifs is 1. The lowest BCUT2D eigenvalue weighted by Gasteiger charge is -2.13. The Morgan fingerprint density at radius 3 is 3.00 bits per heavy atom. The third-order valence-electron chi connectivity index (χ3n) is 3.77. The normalized spacial score (nSPS) is 24.4. The van der Waals surface area contributed by atoms with Crippen LogP contribution in [-0.4, -0.2) is 28.7 Å². The van der Waals surface area contributed by atoms with Gasteiger partial charge in [0.25, 0.3) is 0 Å². The van der Waals surface area contributed by atoms with Crippen molar-refractivity contribution in [1.82, 2.24) is 14.9 Å². The number of nitrogens with one attached hydrogen (secondary N) is 2. The fourth-order valence-corrected chi connectivity index (χ4v) is 2.78. The van der Waals surface area contributed by atoms with Gasteiger partial charge >= 0.3 is 0 Å². The number of imidazole rings is 1. The van der Waals surface area contributed by atoms with Crippen LogP contribution >= 0.6 is 0 Å². The third-order valence-corrected chi connectivity index (χ3v) is 3.77. The zero-order valence-corrected chi connectivity index (χ0v) is 9.92. The molecule has 4 nitrogen and oxygen atoms in total. The highest BCUT2D eigenvalue weighted by molar-refractivity contribution is 5.36. The molecule has 1 atom stereocenters. The van der Waals surface area contributed by atoms with Crippen molar-refractivity contribution in [3.05, 3.63) is 11.4 Å². The second-order valence-electron chi connectivity index (χ2n) is 4.93. The molecular formula is C12H20N4. The maximum Gasteiger partial charge on any atom is 0.203 e. The number of aryl methyl sites for hydroxylation is 1. The van der Waals surface area contributed by atoms with E-state index < -0.39 is 0 Å². The van der Waals surface area contributed by atoms with E-state index in [1.54, 1.807) is 0 Å². The van der Waals surface area contributed by atoms with Gasteiger partial charge in [-0.05, 0) is 38.6 Å². The van der Waals surface area contributed by atoms with Crippen molar-refractivity contribution in [3.63, 3.8) is 0 Å². The van der Waals surface area contributed by atoms with Gasteiger partial charge in [0.05, 0.1) is 5.69 Å². The van der Waals surface area contributed by atoms with Gasteiger partial charge in [-0.3, -0.25) is 0 Å². The van der Waals surface area contributed by atoms with Crippen molar-refractivity contribution in [2.75, 3.05) is 18.4 Å². The van der Waals surface area contributed by atoms with Crippen LogP contribution in [0.15, 0.2) is 0 Å². The topological polar surface area (TPSA) is 41.9 Å². The van der Waals surface area contributed by atoms with Crippen molar-refractivity contribution in [1.29, 1.82) is 0 Å². The van der Waals surface area contributed by atoms with Crippen LogP contribution in [-0.2, 0) is 19.9 Å². The van der Waals surface area contributed by atoms with Crippen LogP contribution in [0.4, 0.5) is 5.95 Å². The lowest BCUT2D eigenvalue weighted by atomic mass is 10.0. The molecule has 0 aromatic carbocycles. The molecule has 1 unspecified atom stereocenters. The molecule has 0 bridgehead atoms. The predicted molar refractivity (Wildman–Crippen MR) is 64.7 cm³/mol. The Kier molecular flexibility index (Phi) is 2.59. The summed E-state index contributed by atoms with van der Waals surface area (Å²) in [5, 5.41) is 6.93. The van der Waals surface area contributed by atoms with E-state index in [1.807, 2.05) is 0 Å². The molecule has 0 radical (unpaired) electrons. The van der Waals surface area contributed by atoms with E-state index in [9.17, 15) is 0 Å². The Bertz CT molecular complexity index is 377. The lowest BCUT2D eigenvalue weighted by molar-refractivity contribution is 0.643. The molecule has 1 aliphatic carbocycles. The molecule has 1 fully saturated rings. The van der Waals surface area contributed by atoms with Crippen LogP contribution < -0.4 is 10.6 Å². The number of nitrogens with zero attached hydrogens (tertiary/aromatic N) is 2. The maximum absolute atomic E-state index is 4.74. The molecule has 2 heterocycles. The van der Waals surface area contributed by atoms with Crippen LogP contribution in [0.2, 0.25) is 0 Å². The highest BCUT2D eigenvalue weighted by Crippen LogP contribution is 2.24. The van der Waals surface area contributed by atoms with E-state index in [0.717, 1.165) is 25.5 Å². The second kappa shape index (κ2) is 4.09. The van der Waals surface area contributed by atoms with Crippen LogP contribution in [0.25, 0.3) is 0 Å². The van der Waals surface area contributed by atoms with Gasteiger partial charge in [-0.1, -0.05) is 0 Å². The van der Waals surface area contributed by atoms with E-state index in [2.05, 4.69) is 22.2 Å². The quantitative estimate of drug-likeness (QED) is 0.783.